The van der Waals surface area contributed by atoms with Crippen molar-refractivity contribution in [2.45, 2.75) is 31.6 Å². The fourth-order valence-electron chi connectivity index (χ4n) is 1.08. The van der Waals surface area contributed by atoms with Crippen LogP contribution < -0.4 is 0 Å². The van der Waals surface area contributed by atoms with Gasteiger partial charge in [0.25, 0.3) is 0 Å². The highest BCUT2D eigenvalue weighted by molar-refractivity contribution is 9.09. The van der Waals surface area contributed by atoms with Gasteiger partial charge in [-0.2, -0.15) is 0 Å². The monoisotopic (exact) mass is 261 g/mol. The average Bonchev–Trinajstić information content (AvgIpc) is 2.61. The highest BCUT2D eigenvalue weighted by Gasteiger charge is 2.05. The van der Waals surface area contributed by atoms with E-state index in [4.69, 9.17) is 4.74 Å². The molecule has 5 heteroatoms. The predicted octanol–water partition coefficient (Wildman–Crippen LogP) is 2.16. The Labute approximate surface area is 92.8 Å². The molecule has 0 radical (unpaired) electrons. The number of nitrogens with zero attached hydrogens (tertiary/aromatic N) is 3. The number of rotatable bonds is 6. The van der Waals surface area contributed by atoms with Crippen LogP contribution in [-0.4, -0.2) is 28.2 Å². The van der Waals surface area contributed by atoms with Gasteiger partial charge in [0.05, 0.1) is 10.5 Å². The summed E-state index contributed by atoms with van der Waals surface area (Å²) in [4.78, 5) is 0.267. The van der Waals surface area contributed by atoms with Gasteiger partial charge in [0.1, 0.15) is 0 Å². The Morgan fingerprint density at radius 3 is 3.00 bits per heavy atom. The van der Waals surface area contributed by atoms with E-state index in [0.717, 1.165) is 31.9 Å². The zero-order valence-electron chi connectivity index (χ0n) is 8.61. The van der Waals surface area contributed by atoms with E-state index >= 15 is 0 Å². The number of halogens is 1. The fraction of sp³-hybridized carbons (Fsp3) is 0.778. The molecule has 1 unspecified atom stereocenters. The van der Waals surface area contributed by atoms with Crippen molar-refractivity contribution < 1.29 is 4.74 Å². The molecule has 0 spiro atoms. The maximum Gasteiger partial charge on any atom is 0.0960 e. The molecule has 80 valence electrons. The van der Waals surface area contributed by atoms with E-state index in [1.807, 2.05) is 24.7 Å². The van der Waals surface area contributed by atoms with E-state index in [2.05, 4.69) is 26.2 Å². The number of aromatic nitrogens is 3. The standard InChI is InChI=1S/C9H16BrN3O/c1-3-14-6-4-5-13-7-9(8(2)10)11-12-13/h7-8H,3-6H2,1-2H3. The maximum absolute atomic E-state index is 5.24. The molecule has 0 aromatic carbocycles. The number of ether oxygens (including phenoxy) is 1. The Morgan fingerprint density at radius 1 is 1.64 bits per heavy atom. The van der Waals surface area contributed by atoms with Crippen molar-refractivity contribution in [1.82, 2.24) is 15.0 Å². The molecule has 0 bridgehead atoms. The van der Waals surface area contributed by atoms with Crippen LogP contribution in [-0.2, 0) is 11.3 Å². The summed E-state index contributed by atoms with van der Waals surface area (Å²) >= 11 is 3.45. The first-order chi connectivity index (χ1) is 6.74. The Morgan fingerprint density at radius 2 is 2.43 bits per heavy atom. The van der Waals surface area contributed by atoms with Crippen molar-refractivity contribution in [3.63, 3.8) is 0 Å². The van der Waals surface area contributed by atoms with Gasteiger partial charge in [0, 0.05) is 26.0 Å². The van der Waals surface area contributed by atoms with Crippen LogP contribution in [0, 0.1) is 0 Å². The van der Waals surface area contributed by atoms with Crippen molar-refractivity contribution >= 4 is 15.9 Å². The molecule has 14 heavy (non-hydrogen) atoms. The molecule has 1 aromatic rings. The van der Waals surface area contributed by atoms with Gasteiger partial charge >= 0.3 is 0 Å². The van der Waals surface area contributed by atoms with Gasteiger partial charge < -0.3 is 4.74 Å². The summed E-state index contributed by atoms with van der Waals surface area (Å²) in [5, 5.41) is 8.06. The second-order valence-electron chi connectivity index (χ2n) is 3.07. The van der Waals surface area contributed by atoms with Crippen LogP contribution in [0.15, 0.2) is 6.20 Å². The zero-order valence-corrected chi connectivity index (χ0v) is 10.2. The third kappa shape index (κ3) is 3.75. The van der Waals surface area contributed by atoms with E-state index in [1.54, 1.807) is 0 Å². The van der Waals surface area contributed by atoms with Crippen molar-refractivity contribution in [3.8, 4) is 0 Å². The number of aryl methyl sites for hydroxylation is 1. The first-order valence-electron chi connectivity index (χ1n) is 4.86. The van der Waals surface area contributed by atoms with Crippen molar-refractivity contribution in [2.75, 3.05) is 13.2 Å². The van der Waals surface area contributed by atoms with E-state index in [1.165, 1.54) is 0 Å². The molecule has 1 atom stereocenters. The summed E-state index contributed by atoms with van der Waals surface area (Å²) < 4.78 is 7.09. The number of alkyl halides is 1. The Hall–Kier alpha value is -0.420. The van der Waals surface area contributed by atoms with Crippen molar-refractivity contribution in [3.05, 3.63) is 11.9 Å². The first kappa shape index (κ1) is 11.7. The molecular weight excluding hydrogens is 246 g/mol. The molecule has 0 N–H and O–H groups in total. The van der Waals surface area contributed by atoms with Gasteiger partial charge in [0.2, 0.25) is 0 Å². The molecule has 0 aliphatic rings. The van der Waals surface area contributed by atoms with Gasteiger partial charge in [0.15, 0.2) is 0 Å². The van der Waals surface area contributed by atoms with Crippen LogP contribution >= 0.6 is 15.9 Å². The van der Waals surface area contributed by atoms with E-state index in [0.29, 0.717) is 0 Å². The van der Waals surface area contributed by atoms with Gasteiger partial charge in [-0.05, 0) is 20.3 Å². The Balaban J connectivity index is 2.29. The average molecular weight is 262 g/mol. The van der Waals surface area contributed by atoms with Crippen molar-refractivity contribution in [2.24, 2.45) is 0 Å². The van der Waals surface area contributed by atoms with Crippen LogP contribution in [0.3, 0.4) is 0 Å². The minimum atomic E-state index is 0.267. The lowest BCUT2D eigenvalue weighted by Crippen LogP contribution is -2.03. The lowest BCUT2D eigenvalue weighted by molar-refractivity contribution is 0.140. The summed E-state index contributed by atoms with van der Waals surface area (Å²) in [6, 6.07) is 0. The number of hydrogen-bond donors (Lipinski definition) is 0. The summed E-state index contributed by atoms with van der Waals surface area (Å²) in [6.07, 6.45) is 2.94. The molecule has 1 rings (SSSR count). The first-order valence-corrected chi connectivity index (χ1v) is 5.77. The van der Waals surface area contributed by atoms with Crippen LogP contribution in [0.4, 0.5) is 0 Å². The summed E-state index contributed by atoms with van der Waals surface area (Å²) in [5.41, 5.74) is 0.974. The normalized spacial score (nSPS) is 13.1. The quantitative estimate of drug-likeness (QED) is 0.582. The largest absolute Gasteiger partial charge is 0.382 e. The second kappa shape index (κ2) is 6.14. The lowest BCUT2D eigenvalue weighted by atomic mass is 10.4. The van der Waals surface area contributed by atoms with Crippen molar-refractivity contribution in [1.29, 1.82) is 0 Å². The van der Waals surface area contributed by atoms with Crippen LogP contribution in [0.2, 0.25) is 0 Å². The van der Waals surface area contributed by atoms with E-state index < -0.39 is 0 Å². The predicted molar refractivity (Wildman–Crippen MR) is 58.5 cm³/mol. The smallest absolute Gasteiger partial charge is 0.0960 e. The van der Waals surface area contributed by atoms with E-state index in [9.17, 15) is 0 Å². The van der Waals surface area contributed by atoms with Crippen LogP contribution in [0.5, 0.6) is 0 Å². The topological polar surface area (TPSA) is 39.9 Å². The molecule has 1 heterocycles. The third-order valence-corrected chi connectivity index (χ3v) is 2.31. The summed E-state index contributed by atoms with van der Waals surface area (Å²) in [5.74, 6) is 0. The van der Waals surface area contributed by atoms with Crippen LogP contribution in [0.1, 0.15) is 30.8 Å². The SMILES string of the molecule is CCOCCCn1cc(C(C)Br)nn1. The van der Waals surface area contributed by atoms with Crippen LogP contribution in [0.25, 0.3) is 0 Å². The minimum absolute atomic E-state index is 0.267. The third-order valence-electron chi connectivity index (χ3n) is 1.84. The summed E-state index contributed by atoms with van der Waals surface area (Å²) in [7, 11) is 0. The minimum Gasteiger partial charge on any atom is -0.382 e. The fourth-order valence-corrected chi connectivity index (χ4v) is 1.29. The Kier molecular flexibility index (Phi) is 5.11. The Bertz CT molecular complexity index is 262. The van der Waals surface area contributed by atoms with Gasteiger partial charge in [-0.25, -0.2) is 0 Å². The molecular formula is C9H16BrN3O. The zero-order chi connectivity index (χ0) is 10.4. The highest BCUT2D eigenvalue weighted by atomic mass is 79.9. The molecule has 0 saturated carbocycles. The molecule has 0 aliphatic carbocycles. The number of hydrogen-bond acceptors (Lipinski definition) is 3. The molecule has 0 amide bonds. The molecule has 1 aromatic heterocycles. The molecule has 0 aliphatic heterocycles. The highest BCUT2D eigenvalue weighted by Crippen LogP contribution is 2.17. The van der Waals surface area contributed by atoms with Gasteiger partial charge in [-0.3, -0.25) is 4.68 Å². The second-order valence-corrected chi connectivity index (χ2v) is 4.45. The summed E-state index contributed by atoms with van der Waals surface area (Å²) in [6.45, 7) is 6.47. The lowest BCUT2D eigenvalue weighted by Gasteiger charge is -2.00. The van der Waals surface area contributed by atoms with E-state index in [-0.39, 0.29) is 4.83 Å². The van der Waals surface area contributed by atoms with Gasteiger partial charge in [-0.1, -0.05) is 21.1 Å². The molecule has 0 fully saturated rings. The maximum atomic E-state index is 5.24. The molecule has 4 nitrogen and oxygen atoms in total. The molecule has 0 saturated heterocycles. The van der Waals surface area contributed by atoms with Gasteiger partial charge in [-0.15, -0.1) is 5.10 Å².